The fraction of sp³-hybridized carbons (Fsp3) is 0.133. The van der Waals surface area contributed by atoms with Crippen LogP contribution < -0.4 is 19.5 Å². The Morgan fingerprint density at radius 3 is 2.86 bits per heavy atom. The van der Waals surface area contributed by atoms with Crippen molar-refractivity contribution >= 4 is 27.5 Å². The van der Waals surface area contributed by atoms with Gasteiger partial charge in [-0.25, -0.2) is 4.39 Å². The zero-order valence-corrected chi connectivity index (χ0v) is 12.9. The summed E-state index contributed by atoms with van der Waals surface area (Å²) in [5, 5.41) is 2.64. The third-order valence-corrected chi connectivity index (χ3v) is 3.40. The molecule has 0 aromatic heterocycles. The maximum absolute atomic E-state index is 13.6. The summed E-state index contributed by atoms with van der Waals surface area (Å²) in [7, 11) is 0. The van der Waals surface area contributed by atoms with Crippen molar-refractivity contribution in [2.75, 3.05) is 18.7 Å². The van der Waals surface area contributed by atoms with Gasteiger partial charge in [0.15, 0.2) is 29.7 Å². The second-order valence-corrected chi connectivity index (χ2v) is 5.40. The Labute approximate surface area is 134 Å². The van der Waals surface area contributed by atoms with Crippen LogP contribution in [0.3, 0.4) is 0 Å². The number of nitrogens with one attached hydrogen (secondary N) is 1. The lowest BCUT2D eigenvalue weighted by Gasteiger charge is -2.09. The fourth-order valence-corrected chi connectivity index (χ4v) is 2.24. The highest BCUT2D eigenvalue weighted by Crippen LogP contribution is 2.34. The number of halogens is 2. The molecule has 0 saturated carbocycles. The van der Waals surface area contributed by atoms with Crippen molar-refractivity contribution in [2.45, 2.75) is 0 Å². The van der Waals surface area contributed by atoms with Gasteiger partial charge in [0.1, 0.15) is 0 Å². The molecule has 0 saturated heterocycles. The van der Waals surface area contributed by atoms with Crippen LogP contribution >= 0.6 is 15.9 Å². The largest absolute Gasteiger partial charge is 0.481 e. The maximum atomic E-state index is 13.6. The molecule has 114 valence electrons. The summed E-state index contributed by atoms with van der Waals surface area (Å²) in [5.74, 6) is 0.277. The van der Waals surface area contributed by atoms with E-state index in [1.807, 2.05) is 0 Å². The van der Waals surface area contributed by atoms with Gasteiger partial charge in [-0.2, -0.15) is 0 Å². The van der Waals surface area contributed by atoms with Crippen LogP contribution in [-0.4, -0.2) is 19.3 Å². The number of hydrogen-bond donors (Lipinski definition) is 1. The first-order valence-corrected chi connectivity index (χ1v) is 7.18. The van der Waals surface area contributed by atoms with Crippen LogP contribution in [-0.2, 0) is 4.79 Å². The Hall–Kier alpha value is -2.28. The molecule has 1 N–H and O–H groups in total. The number of amides is 1. The van der Waals surface area contributed by atoms with Crippen molar-refractivity contribution in [1.82, 2.24) is 0 Å². The highest BCUT2D eigenvalue weighted by atomic mass is 79.9. The molecule has 1 aliphatic heterocycles. The van der Waals surface area contributed by atoms with E-state index in [0.29, 0.717) is 21.7 Å². The van der Waals surface area contributed by atoms with E-state index < -0.39 is 11.7 Å². The number of carbonyl (C=O) groups is 1. The van der Waals surface area contributed by atoms with Crippen LogP contribution in [0.5, 0.6) is 17.2 Å². The molecule has 7 heteroatoms. The summed E-state index contributed by atoms with van der Waals surface area (Å²) in [6.45, 7) is -0.133. The topological polar surface area (TPSA) is 56.8 Å². The zero-order chi connectivity index (χ0) is 15.5. The first-order valence-electron chi connectivity index (χ1n) is 6.39. The summed E-state index contributed by atoms with van der Waals surface area (Å²) in [4.78, 5) is 11.8. The first kappa shape index (κ1) is 14.6. The number of rotatable bonds is 4. The van der Waals surface area contributed by atoms with Gasteiger partial charge in [-0.05, 0) is 30.3 Å². The van der Waals surface area contributed by atoms with Crippen LogP contribution in [0.15, 0.2) is 40.9 Å². The van der Waals surface area contributed by atoms with Gasteiger partial charge < -0.3 is 19.5 Å². The average molecular weight is 368 g/mol. The third-order valence-electron chi connectivity index (χ3n) is 2.91. The van der Waals surface area contributed by atoms with E-state index >= 15 is 0 Å². The molecule has 5 nitrogen and oxygen atoms in total. The number of anilines is 1. The molecule has 3 rings (SSSR count). The number of hydrogen-bond acceptors (Lipinski definition) is 4. The number of fused-ring (bicyclic) bond motifs is 1. The minimum atomic E-state index is -0.537. The van der Waals surface area contributed by atoms with Crippen molar-refractivity contribution in [2.24, 2.45) is 0 Å². The molecule has 0 aliphatic carbocycles. The second-order valence-electron chi connectivity index (χ2n) is 4.48. The van der Waals surface area contributed by atoms with Gasteiger partial charge in [0, 0.05) is 16.2 Å². The van der Waals surface area contributed by atoms with Gasteiger partial charge in [-0.1, -0.05) is 15.9 Å². The summed E-state index contributed by atoms with van der Waals surface area (Å²) < 4.78 is 29.7. The van der Waals surface area contributed by atoms with Gasteiger partial charge in [0.2, 0.25) is 6.79 Å². The van der Waals surface area contributed by atoms with E-state index in [9.17, 15) is 9.18 Å². The molecule has 0 fully saturated rings. The predicted octanol–water partition coefficient (Wildman–Crippen LogP) is 3.33. The number of ether oxygens (including phenoxy) is 3. The Balaban J connectivity index is 1.58. The smallest absolute Gasteiger partial charge is 0.262 e. The lowest BCUT2D eigenvalue weighted by atomic mass is 10.3. The fourth-order valence-electron chi connectivity index (χ4n) is 1.91. The van der Waals surface area contributed by atoms with E-state index in [-0.39, 0.29) is 19.1 Å². The Kier molecular flexibility index (Phi) is 4.15. The molecule has 0 spiro atoms. The molecule has 1 aliphatic rings. The summed E-state index contributed by atoms with van der Waals surface area (Å²) in [5.41, 5.74) is 0.550. The SMILES string of the molecule is O=C(COc1ccc(Br)cc1F)Nc1ccc2c(c1)OCO2. The molecule has 2 aromatic rings. The lowest BCUT2D eigenvalue weighted by molar-refractivity contribution is -0.118. The Bertz CT molecular complexity index is 723. The van der Waals surface area contributed by atoms with Crippen LogP contribution in [0.1, 0.15) is 0 Å². The Morgan fingerprint density at radius 1 is 1.23 bits per heavy atom. The van der Waals surface area contributed by atoms with Crippen LogP contribution in [0.4, 0.5) is 10.1 Å². The van der Waals surface area contributed by atoms with E-state index in [0.717, 1.165) is 0 Å². The van der Waals surface area contributed by atoms with Crippen molar-refractivity contribution in [3.8, 4) is 17.2 Å². The van der Waals surface area contributed by atoms with Crippen molar-refractivity contribution in [3.63, 3.8) is 0 Å². The van der Waals surface area contributed by atoms with Gasteiger partial charge in [-0.3, -0.25) is 4.79 Å². The van der Waals surface area contributed by atoms with Gasteiger partial charge >= 0.3 is 0 Å². The van der Waals surface area contributed by atoms with E-state index in [1.165, 1.54) is 12.1 Å². The van der Waals surface area contributed by atoms with E-state index in [4.69, 9.17) is 14.2 Å². The third kappa shape index (κ3) is 3.30. The quantitative estimate of drug-likeness (QED) is 0.900. The molecular formula is C15H11BrFNO4. The van der Waals surface area contributed by atoms with E-state index in [2.05, 4.69) is 21.2 Å². The summed E-state index contributed by atoms with van der Waals surface area (Å²) in [6, 6.07) is 9.39. The Morgan fingerprint density at radius 2 is 2.05 bits per heavy atom. The van der Waals surface area contributed by atoms with E-state index in [1.54, 1.807) is 24.3 Å². The minimum absolute atomic E-state index is 0.0176. The first-order chi connectivity index (χ1) is 10.6. The molecule has 22 heavy (non-hydrogen) atoms. The summed E-state index contributed by atoms with van der Waals surface area (Å²) >= 11 is 3.15. The molecule has 1 amide bonds. The minimum Gasteiger partial charge on any atom is -0.481 e. The highest BCUT2D eigenvalue weighted by Gasteiger charge is 2.14. The van der Waals surface area contributed by atoms with Crippen molar-refractivity contribution in [3.05, 3.63) is 46.7 Å². The number of carbonyl (C=O) groups excluding carboxylic acids is 1. The van der Waals surface area contributed by atoms with Crippen LogP contribution in [0, 0.1) is 5.82 Å². The molecule has 1 heterocycles. The van der Waals surface area contributed by atoms with Crippen LogP contribution in [0.25, 0.3) is 0 Å². The predicted molar refractivity (Wildman–Crippen MR) is 80.8 cm³/mol. The van der Waals surface area contributed by atoms with Crippen LogP contribution in [0.2, 0.25) is 0 Å². The monoisotopic (exact) mass is 367 g/mol. The van der Waals surface area contributed by atoms with Gasteiger partial charge in [0.05, 0.1) is 0 Å². The maximum Gasteiger partial charge on any atom is 0.262 e. The number of benzene rings is 2. The average Bonchev–Trinajstić information content (AvgIpc) is 2.94. The standard InChI is InChI=1S/C15H11BrFNO4/c16-9-1-3-12(11(17)5-9)20-7-15(19)18-10-2-4-13-14(6-10)22-8-21-13/h1-6H,7-8H2,(H,18,19). The summed E-state index contributed by atoms with van der Waals surface area (Å²) in [6.07, 6.45) is 0. The normalized spacial score (nSPS) is 12.1. The molecule has 0 unspecified atom stereocenters. The molecule has 0 bridgehead atoms. The van der Waals surface area contributed by atoms with Crippen molar-refractivity contribution in [1.29, 1.82) is 0 Å². The second kappa shape index (κ2) is 6.23. The molecule has 0 atom stereocenters. The molecule has 0 radical (unpaired) electrons. The highest BCUT2D eigenvalue weighted by molar-refractivity contribution is 9.10. The lowest BCUT2D eigenvalue weighted by Crippen LogP contribution is -2.20. The zero-order valence-electron chi connectivity index (χ0n) is 11.3. The molecule has 2 aromatic carbocycles. The van der Waals surface area contributed by atoms with Gasteiger partial charge in [0.25, 0.3) is 5.91 Å². The molecular weight excluding hydrogens is 357 g/mol. The van der Waals surface area contributed by atoms with Crippen molar-refractivity contribution < 1.29 is 23.4 Å². The van der Waals surface area contributed by atoms with Gasteiger partial charge in [-0.15, -0.1) is 0 Å².